The second-order valence-electron chi connectivity index (χ2n) is 8.61. The lowest BCUT2D eigenvalue weighted by molar-refractivity contribution is 0.0962. The summed E-state index contributed by atoms with van der Waals surface area (Å²) in [7, 11) is 4.76. The summed E-state index contributed by atoms with van der Waals surface area (Å²) in [6.07, 6.45) is 0. The number of benzene rings is 3. The highest BCUT2D eigenvalue weighted by molar-refractivity contribution is 7.80. The highest BCUT2D eigenvalue weighted by Crippen LogP contribution is 2.53. The standard InChI is InChI=1S/C27H22N2O3S3/c1-27(2)23-22(26(33)35-34-23)19-15-17(32-3)13-14-21(19)29(27)25(31)18-11-7-8-12-20(18)28-24(30)16-9-5-4-6-10-16/h4-15H,1-3H3,(H,28,30). The number of ether oxygens (including phenoxy) is 1. The zero-order valence-corrected chi connectivity index (χ0v) is 21.8. The summed E-state index contributed by atoms with van der Waals surface area (Å²) in [6, 6.07) is 21.7. The number of fused-ring (bicyclic) bond motifs is 3. The van der Waals surface area contributed by atoms with Gasteiger partial charge in [0.2, 0.25) is 0 Å². The second-order valence-corrected chi connectivity index (χ2v) is 11.4. The van der Waals surface area contributed by atoms with Gasteiger partial charge in [0, 0.05) is 16.7 Å². The van der Waals surface area contributed by atoms with Crippen LogP contribution in [0.5, 0.6) is 5.75 Å². The monoisotopic (exact) mass is 518 g/mol. The van der Waals surface area contributed by atoms with E-state index in [4.69, 9.17) is 17.0 Å². The van der Waals surface area contributed by atoms with Gasteiger partial charge in [-0.1, -0.05) is 63.2 Å². The normalized spacial score (nSPS) is 13.5. The number of amides is 2. The maximum atomic E-state index is 14.2. The fourth-order valence-corrected chi connectivity index (χ4v) is 7.66. The maximum Gasteiger partial charge on any atom is 0.261 e. The molecule has 0 saturated carbocycles. The summed E-state index contributed by atoms with van der Waals surface area (Å²) in [6.45, 7) is 4.06. The van der Waals surface area contributed by atoms with Gasteiger partial charge in [-0.3, -0.25) is 14.5 Å². The van der Waals surface area contributed by atoms with E-state index in [1.54, 1.807) is 70.9 Å². The molecular weight excluding hydrogens is 497 g/mol. The Labute approximate surface area is 216 Å². The molecule has 0 saturated heterocycles. The lowest BCUT2D eigenvalue weighted by atomic mass is 9.86. The highest BCUT2D eigenvalue weighted by atomic mass is 32.9. The number of rotatable bonds is 4. The molecule has 1 N–H and O–H groups in total. The van der Waals surface area contributed by atoms with Crippen molar-refractivity contribution in [3.63, 3.8) is 0 Å². The summed E-state index contributed by atoms with van der Waals surface area (Å²) in [4.78, 5) is 29.9. The quantitative estimate of drug-likeness (QED) is 0.226. The molecule has 8 heteroatoms. The Morgan fingerprint density at radius 3 is 2.43 bits per heavy atom. The molecule has 0 bridgehead atoms. The molecule has 2 heterocycles. The van der Waals surface area contributed by atoms with E-state index in [2.05, 4.69) is 5.32 Å². The number of hydrogen-bond donors (Lipinski definition) is 1. The summed E-state index contributed by atoms with van der Waals surface area (Å²) >= 11 is 5.68. The topological polar surface area (TPSA) is 58.6 Å². The Bertz CT molecular complexity index is 1510. The van der Waals surface area contributed by atoms with Crippen molar-refractivity contribution in [2.24, 2.45) is 0 Å². The zero-order valence-electron chi connectivity index (χ0n) is 19.3. The SMILES string of the molecule is COc1ccc2c(c1)-c1c(ssc1=S)C(C)(C)N2C(=O)c1ccccc1NC(=O)c1ccccc1. The fourth-order valence-electron chi connectivity index (χ4n) is 4.38. The van der Waals surface area contributed by atoms with Crippen LogP contribution in [0, 0.1) is 3.82 Å². The molecule has 3 aromatic carbocycles. The van der Waals surface area contributed by atoms with Gasteiger partial charge in [0.15, 0.2) is 0 Å². The molecule has 5 rings (SSSR count). The fraction of sp³-hybridized carbons (Fsp3) is 0.148. The third-order valence-electron chi connectivity index (χ3n) is 6.11. The first-order valence-electron chi connectivity index (χ1n) is 10.9. The Balaban J connectivity index is 1.62. The lowest BCUT2D eigenvalue weighted by Crippen LogP contribution is -2.48. The summed E-state index contributed by atoms with van der Waals surface area (Å²) in [5, 5.41) is 2.92. The van der Waals surface area contributed by atoms with E-state index in [0.29, 0.717) is 22.6 Å². The molecule has 0 radical (unpaired) electrons. The highest BCUT2D eigenvalue weighted by Gasteiger charge is 2.43. The van der Waals surface area contributed by atoms with E-state index in [1.165, 1.54) is 10.3 Å². The van der Waals surface area contributed by atoms with Gasteiger partial charge in [-0.25, -0.2) is 0 Å². The van der Waals surface area contributed by atoms with Crippen LogP contribution in [0.3, 0.4) is 0 Å². The number of carbonyl (C=O) groups is 2. The lowest BCUT2D eigenvalue weighted by Gasteiger charge is -2.43. The maximum absolute atomic E-state index is 14.2. The van der Waals surface area contributed by atoms with Gasteiger partial charge in [0.25, 0.3) is 11.8 Å². The first-order valence-corrected chi connectivity index (χ1v) is 13.5. The van der Waals surface area contributed by atoms with Crippen molar-refractivity contribution in [1.82, 2.24) is 0 Å². The number of carbonyl (C=O) groups excluding carboxylic acids is 2. The van der Waals surface area contributed by atoms with E-state index in [0.717, 1.165) is 25.5 Å². The minimum absolute atomic E-state index is 0.208. The minimum Gasteiger partial charge on any atom is -0.497 e. The van der Waals surface area contributed by atoms with Crippen LogP contribution in [0.1, 0.15) is 39.4 Å². The summed E-state index contributed by atoms with van der Waals surface area (Å²) in [5.41, 5.74) is 3.36. The van der Waals surface area contributed by atoms with E-state index in [1.807, 2.05) is 38.1 Å². The predicted molar refractivity (Wildman–Crippen MR) is 146 cm³/mol. The van der Waals surface area contributed by atoms with Crippen LogP contribution < -0.4 is 15.0 Å². The van der Waals surface area contributed by atoms with Crippen molar-refractivity contribution in [2.75, 3.05) is 17.3 Å². The van der Waals surface area contributed by atoms with Gasteiger partial charge in [-0.05, 0) is 56.3 Å². The molecule has 0 unspecified atom stereocenters. The van der Waals surface area contributed by atoms with E-state index in [-0.39, 0.29) is 11.8 Å². The third-order valence-corrected chi connectivity index (χ3v) is 9.44. The molecule has 0 spiro atoms. The van der Waals surface area contributed by atoms with Crippen molar-refractivity contribution in [3.05, 3.63) is 92.6 Å². The van der Waals surface area contributed by atoms with Crippen LogP contribution in [-0.2, 0) is 5.54 Å². The first kappa shape index (κ1) is 23.4. The van der Waals surface area contributed by atoms with E-state index in [9.17, 15) is 9.59 Å². The van der Waals surface area contributed by atoms with E-state index >= 15 is 0 Å². The summed E-state index contributed by atoms with van der Waals surface area (Å²) < 4.78 is 6.27. The number of nitrogens with one attached hydrogen (secondary N) is 1. The second kappa shape index (κ2) is 9.03. The van der Waals surface area contributed by atoms with Gasteiger partial charge >= 0.3 is 0 Å². The smallest absolute Gasteiger partial charge is 0.261 e. The predicted octanol–water partition coefficient (Wildman–Crippen LogP) is 7.36. The van der Waals surface area contributed by atoms with Crippen LogP contribution >= 0.6 is 32.9 Å². The molecule has 1 aliphatic rings. The molecule has 0 fully saturated rings. The summed E-state index contributed by atoms with van der Waals surface area (Å²) in [5.74, 6) is 0.218. The van der Waals surface area contributed by atoms with Crippen LogP contribution in [0.2, 0.25) is 0 Å². The molecule has 2 amide bonds. The molecule has 0 aliphatic carbocycles. The molecule has 176 valence electrons. The average molecular weight is 519 g/mol. The third kappa shape index (κ3) is 3.97. The first-order chi connectivity index (χ1) is 16.8. The van der Waals surface area contributed by atoms with E-state index < -0.39 is 5.54 Å². The van der Waals surface area contributed by atoms with Crippen LogP contribution in [0.4, 0.5) is 11.4 Å². The van der Waals surface area contributed by atoms with Crippen molar-refractivity contribution >= 4 is 56.1 Å². The molecule has 0 atom stereocenters. The Morgan fingerprint density at radius 1 is 0.971 bits per heavy atom. The van der Waals surface area contributed by atoms with Crippen molar-refractivity contribution < 1.29 is 14.3 Å². The van der Waals surface area contributed by atoms with Crippen molar-refractivity contribution in [2.45, 2.75) is 19.4 Å². The Morgan fingerprint density at radius 2 is 1.69 bits per heavy atom. The van der Waals surface area contributed by atoms with Crippen molar-refractivity contribution in [1.29, 1.82) is 0 Å². The van der Waals surface area contributed by atoms with Crippen LogP contribution in [-0.4, -0.2) is 18.9 Å². The zero-order chi connectivity index (χ0) is 24.7. The van der Waals surface area contributed by atoms with Crippen LogP contribution in [0.15, 0.2) is 72.8 Å². The number of nitrogens with zero attached hydrogens (tertiary/aromatic N) is 1. The number of hydrogen-bond acceptors (Lipinski definition) is 6. The Hall–Kier alpha value is -3.33. The molecule has 1 aliphatic heterocycles. The largest absolute Gasteiger partial charge is 0.497 e. The van der Waals surface area contributed by atoms with Gasteiger partial charge in [0.05, 0.1) is 34.5 Å². The molecule has 1 aromatic heterocycles. The van der Waals surface area contributed by atoms with Gasteiger partial charge in [-0.2, -0.15) is 0 Å². The van der Waals surface area contributed by atoms with Crippen LogP contribution in [0.25, 0.3) is 11.1 Å². The van der Waals surface area contributed by atoms with Gasteiger partial charge < -0.3 is 10.1 Å². The number of anilines is 2. The molecule has 5 nitrogen and oxygen atoms in total. The average Bonchev–Trinajstić information content (AvgIpc) is 3.27. The Kier molecular flexibility index (Phi) is 6.04. The number of para-hydroxylation sites is 1. The van der Waals surface area contributed by atoms with Gasteiger partial charge in [-0.15, -0.1) is 0 Å². The van der Waals surface area contributed by atoms with Gasteiger partial charge in [0.1, 0.15) is 9.57 Å². The van der Waals surface area contributed by atoms with Crippen molar-refractivity contribution in [3.8, 4) is 16.9 Å². The molecular formula is C27H22N2O3S3. The molecule has 4 aromatic rings. The minimum atomic E-state index is -0.650. The number of methoxy groups -OCH3 is 1. The molecule has 35 heavy (non-hydrogen) atoms.